The van der Waals surface area contributed by atoms with Crippen LogP contribution in [0.1, 0.15) is 48.4 Å². The monoisotopic (exact) mass is 398 g/mol. The molecule has 2 heterocycles. The molecule has 0 spiro atoms. The van der Waals surface area contributed by atoms with Gasteiger partial charge in [-0.2, -0.15) is 5.10 Å². The van der Waals surface area contributed by atoms with Gasteiger partial charge in [-0.3, -0.25) is 9.59 Å². The summed E-state index contributed by atoms with van der Waals surface area (Å²) < 4.78 is 1.91. The number of amides is 2. The number of carbonyl (C=O) groups is 2. The average molecular weight is 399 g/mol. The molecule has 1 aromatic heterocycles. The molecule has 0 radical (unpaired) electrons. The molecule has 1 N–H and O–H groups in total. The zero-order valence-electron chi connectivity index (χ0n) is 16.4. The summed E-state index contributed by atoms with van der Waals surface area (Å²) in [6.45, 7) is 4.03. The van der Waals surface area contributed by atoms with Crippen molar-refractivity contribution in [3.63, 3.8) is 0 Å². The molecule has 28 heavy (non-hydrogen) atoms. The fourth-order valence-electron chi connectivity index (χ4n) is 3.83. The zero-order chi connectivity index (χ0) is 19.7. The normalized spacial score (nSPS) is 19.5. The van der Waals surface area contributed by atoms with Gasteiger partial charge in [0.1, 0.15) is 6.04 Å². The SMILES string of the molecule is CC[C@@H](C)NC(=O)[C@H]1CSCN1C(=O)c1nn(-c2ccccc2)c2c1CCC2. The number of nitrogens with one attached hydrogen (secondary N) is 1. The summed E-state index contributed by atoms with van der Waals surface area (Å²) in [6, 6.07) is 9.63. The Bertz CT molecular complexity index is 880. The van der Waals surface area contributed by atoms with E-state index in [0.717, 1.165) is 42.6 Å². The highest BCUT2D eigenvalue weighted by Crippen LogP contribution is 2.31. The predicted molar refractivity (Wildman–Crippen MR) is 111 cm³/mol. The van der Waals surface area contributed by atoms with E-state index in [-0.39, 0.29) is 17.9 Å². The second kappa shape index (κ2) is 7.99. The zero-order valence-corrected chi connectivity index (χ0v) is 17.2. The first-order chi connectivity index (χ1) is 13.6. The smallest absolute Gasteiger partial charge is 0.276 e. The average Bonchev–Trinajstić information content (AvgIpc) is 3.44. The number of aromatic nitrogens is 2. The molecule has 7 heteroatoms. The molecule has 0 bridgehead atoms. The van der Waals surface area contributed by atoms with Gasteiger partial charge in [-0.15, -0.1) is 11.8 Å². The highest BCUT2D eigenvalue weighted by atomic mass is 32.2. The second-order valence-corrected chi connectivity index (χ2v) is 8.48. The molecule has 1 saturated heterocycles. The minimum atomic E-state index is -0.426. The van der Waals surface area contributed by atoms with Crippen molar-refractivity contribution in [2.75, 3.05) is 11.6 Å². The summed E-state index contributed by atoms with van der Waals surface area (Å²) in [7, 11) is 0. The molecule has 2 aromatic rings. The van der Waals surface area contributed by atoms with Crippen LogP contribution in [0.15, 0.2) is 30.3 Å². The van der Waals surface area contributed by atoms with Crippen LogP contribution in [0.4, 0.5) is 0 Å². The first kappa shape index (κ1) is 19.1. The van der Waals surface area contributed by atoms with E-state index in [1.807, 2.05) is 48.9 Å². The van der Waals surface area contributed by atoms with Crippen molar-refractivity contribution in [1.82, 2.24) is 20.0 Å². The lowest BCUT2D eigenvalue weighted by Crippen LogP contribution is -2.49. The van der Waals surface area contributed by atoms with E-state index in [0.29, 0.717) is 17.3 Å². The molecule has 2 aliphatic rings. The van der Waals surface area contributed by atoms with E-state index < -0.39 is 6.04 Å². The van der Waals surface area contributed by atoms with E-state index in [1.165, 1.54) is 0 Å². The van der Waals surface area contributed by atoms with Crippen LogP contribution in [0.5, 0.6) is 0 Å². The number of rotatable bonds is 5. The molecule has 0 saturated carbocycles. The number of hydrogen-bond acceptors (Lipinski definition) is 4. The summed E-state index contributed by atoms with van der Waals surface area (Å²) in [5.41, 5.74) is 3.66. The minimum Gasteiger partial charge on any atom is -0.352 e. The molecule has 6 nitrogen and oxygen atoms in total. The van der Waals surface area contributed by atoms with Crippen molar-refractivity contribution in [2.45, 2.75) is 51.6 Å². The lowest BCUT2D eigenvalue weighted by atomic mass is 10.1. The van der Waals surface area contributed by atoms with E-state index in [2.05, 4.69) is 5.32 Å². The van der Waals surface area contributed by atoms with Gasteiger partial charge in [0.25, 0.3) is 5.91 Å². The third-order valence-corrected chi connectivity index (χ3v) is 6.59. The van der Waals surface area contributed by atoms with Crippen molar-refractivity contribution in [3.05, 3.63) is 47.3 Å². The van der Waals surface area contributed by atoms with E-state index in [9.17, 15) is 9.59 Å². The van der Waals surface area contributed by atoms with E-state index >= 15 is 0 Å². The third kappa shape index (κ3) is 3.43. The maximum atomic E-state index is 13.4. The number of thioether (sulfide) groups is 1. The Kier molecular flexibility index (Phi) is 5.44. The van der Waals surface area contributed by atoms with Gasteiger partial charge in [0.2, 0.25) is 5.91 Å². The fourth-order valence-corrected chi connectivity index (χ4v) is 4.98. The van der Waals surface area contributed by atoms with Crippen molar-refractivity contribution in [1.29, 1.82) is 0 Å². The van der Waals surface area contributed by atoms with Gasteiger partial charge in [-0.25, -0.2) is 4.68 Å². The molecule has 0 unspecified atom stereocenters. The summed E-state index contributed by atoms with van der Waals surface area (Å²) in [5.74, 6) is 0.981. The molecular weight excluding hydrogens is 372 g/mol. The molecule has 148 valence electrons. The van der Waals surface area contributed by atoms with Gasteiger partial charge in [0.05, 0.1) is 11.6 Å². The molecule has 4 rings (SSSR count). The molecule has 1 fully saturated rings. The highest BCUT2D eigenvalue weighted by Gasteiger charge is 2.38. The summed E-state index contributed by atoms with van der Waals surface area (Å²) in [4.78, 5) is 27.7. The standard InChI is InChI=1S/C21H26N4O2S/c1-3-14(2)22-20(26)18-12-28-13-24(18)21(27)19-16-10-7-11-17(16)25(23-19)15-8-5-4-6-9-15/h4-6,8-9,14,18H,3,7,10-13H2,1-2H3,(H,22,26)/t14-,18-/m1/s1. The van der Waals surface area contributed by atoms with Crippen LogP contribution in [0.2, 0.25) is 0 Å². The van der Waals surface area contributed by atoms with Crippen LogP contribution in [0, 0.1) is 0 Å². The Labute approximate surface area is 169 Å². The molecule has 2 atom stereocenters. The number of benzene rings is 1. The van der Waals surface area contributed by atoms with Crippen molar-refractivity contribution in [2.24, 2.45) is 0 Å². The first-order valence-corrected chi connectivity index (χ1v) is 11.1. The van der Waals surface area contributed by atoms with Gasteiger partial charge in [0, 0.05) is 23.1 Å². The Morgan fingerprint density at radius 3 is 2.82 bits per heavy atom. The Morgan fingerprint density at radius 2 is 2.07 bits per heavy atom. The third-order valence-electron chi connectivity index (χ3n) is 5.58. The number of para-hydroxylation sites is 1. The molecule has 1 aromatic carbocycles. The van der Waals surface area contributed by atoms with Gasteiger partial charge >= 0.3 is 0 Å². The van der Waals surface area contributed by atoms with Crippen molar-refractivity contribution in [3.8, 4) is 5.69 Å². The number of hydrogen-bond donors (Lipinski definition) is 1. The molecule has 1 aliphatic heterocycles. The predicted octanol–water partition coefficient (Wildman–Crippen LogP) is 2.79. The van der Waals surface area contributed by atoms with Gasteiger partial charge in [0.15, 0.2) is 5.69 Å². The van der Waals surface area contributed by atoms with E-state index in [1.54, 1.807) is 16.7 Å². The van der Waals surface area contributed by atoms with Crippen molar-refractivity contribution >= 4 is 23.6 Å². The maximum absolute atomic E-state index is 13.4. The van der Waals surface area contributed by atoms with Crippen LogP contribution in [0.3, 0.4) is 0 Å². The van der Waals surface area contributed by atoms with Gasteiger partial charge < -0.3 is 10.2 Å². The molecule has 2 amide bonds. The Hall–Kier alpha value is -2.28. The fraction of sp³-hybridized carbons (Fsp3) is 0.476. The Balaban J connectivity index is 1.62. The van der Waals surface area contributed by atoms with Crippen molar-refractivity contribution < 1.29 is 9.59 Å². The summed E-state index contributed by atoms with van der Waals surface area (Å²) in [5, 5.41) is 7.72. The van der Waals surface area contributed by atoms with Crippen LogP contribution in [-0.4, -0.2) is 50.2 Å². The summed E-state index contributed by atoms with van der Waals surface area (Å²) >= 11 is 1.62. The molecule has 1 aliphatic carbocycles. The first-order valence-electron chi connectivity index (χ1n) is 9.95. The maximum Gasteiger partial charge on any atom is 0.276 e. The summed E-state index contributed by atoms with van der Waals surface area (Å²) in [6.07, 6.45) is 3.70. The lowest BCUT2D eigenvalue weighted by molar-refractivity contribution is -0.125. The minimum absolute atomic E-state index is 0.0631. The number of carbonyl (C=O) groups excluding carboxylic acids is 2. The van der Waals surface area contributed by atoms with E-state index in [4.69, 9.17) is 5.10 Å². The van der Waals surface area contributed by atoms with Crippen LogP contribution in [-0.2, 0) is 17.6 Å². The van der Waals surface area contributed by atoms with Crippen LogP contribution < -0.4 is 5.32 Å². The Morgan fingerprint density at radius 1 is 1.29 bits per heavy atom. The quantitative estimate of drug-likeness (QED) is 0.841. The highest BCUT2D eigenvalue weighted by molar-refractivity contribution is 7.99. The molecular formula is C21H26N4O2S. The largest absolute Gasteiger partial charge is 0.352 e. The number of nitrogens with zero attached hydrogens (tertiary/aromatic N) is 3. The number of fused-ring (bicyclic) bond motifs is 1. The lowest BCUT2D eigenvalue weighted by Gasteiger charge is -2.24. The van der Waals surface area contributed by atoms with Gasteiger partial charge in [-0.05, 0) is 44.7 Å². The topological polar surface area (TPSA) is 67.2 Å². The van der Waals surface area contributed by atoms with Gasteiger partial charge in [-0.1, -0.05) is 25.1 Å². The van der Waals surface area contributed by atoms with Crippen LogP contribution in [0.25, 0.3) is 5.69 Å². The second-order valence-electron chi connectivity index (χ2n) is 7.48. The van der Waals surface area contributed by atoms with Crippen LogP contribution >= 0.6 is 11.8 Å².